The monoisotopic (exact) mass is 356 g/mol. The van der Waals surface area contributed by atoms with Crippen molar-refractivity contribution < 1.29 is 9.53 Å². The third-order valence-electron chi connectivity index (χ3n) is 6.05. The number of benzene rings is 1. The van der Waals surface area contributed by atoms with Crippen molar-refractivity contribution in [3.63, 3.8) is 0 Å². The summed E-state index contributed by atoms with van der Waals surface area (Å²) < 4.78 is 5.64. The highest BCUT2D eigenvalue weighted by molar-refractivity contribution is 5.79. The maximum atomic E-state index is 12.0. The molecule has 142 valence electrons. The molecule has 2 N–H and O–H groups in total. The maximum Gasteiger partial charge on any atom is 0.306 e. The zero-order valence-corrected chi connectivity index (χ0v) is 15.7. The molecule has 1 aliphatic carbocycles. The summed E-state index contributed by atoms with van der Waals surface area (Å²) in [6.45, 7) is 0. The average molecular weight is 357 g/mol. The molecule has 1 aromatic rings. The minimum atomic E-state index is 0.0361. The summed E-state index contributed by atoms with van der Waals surface area (Å²) in [5.41, 5.74) is 2.36. The number of unbranched alkanes of at least 4 members (excludes halogenated alkanes) is 1. The van der Waals surface area contributed by atoms with Gasteiger partial charge >= 0.3 is 5.97 Å². The molecule has 3 rings (SSSR count). The number of cyclic esters (lactones) is 1. The molecule has 2 unspecified atom stereocenters. The standard InChI is InChI=1S/C22H32N2O2/c23-24-16-18-12-10-17(11-13-18)6-4-5-9-21-14-20(15-22(25)26-21)19-7-2-1-3-8-19/h10-13,16,19-21H,1-9,14-15,23H2. The zero-order chi connectivity index (χ0) is 18.2. The Bertz CT molecular complexity index is 591. The summed E-state index contributed by atoms with van der Waals surface area (Å²) in [5, 5.41) is 3.54. The van der Waals surface area contributed by atoms with E-state index in [2.05, 4.69) is 17.2 Å². The van der Waals surface area contributed by atoms with Gasteiger partial charge in [-0.15, -0.1) is 0 Å². The fraction of sp³-hybridized carbons (Fsp3) is 0.636. The van der Waals surface area contributed by atoms with E-state index in [4.69, 9.17) is 10.6 Å². The van der Waals surface area contributed by atoms with Crippen LogP contribution in [0.2, 0.25) is 0 Å². The highest BCUT2D eigenvalue weighted by Gasteiger charge is 2.33. The predicted molar refractivity (Wildman–Crippen MR) is 105 cm³/mol. The lowest BCUT2D eigenvalue weighted by atomic mass is 9.75. The SMILES string of the molecule is NN=Cc1ccc(CCCCC2CC(C3CCCCC3)CC(=O)O2)cc1. The highest BCUT2D eigenvalue weighted by Crippen LogP contribution is 2.37. The van der Waals surface area contributed by atoms with Crippen LogP contribution in [0.1, 0.15) is 75.3 Å². The molecular weight excluding hydrogens is 324 g/mol. The van der Waals surface area contributed by atoms with Crippen LogP contribution in [-0.2, 0) is 16.0 Å². The molecule has 1 saturated heterocycles. The van der Waals surface area contributed by atoms with Gasteiger partial charge in [-0.05, 0) is 55.1 Å². The van der Waals surface area contributed by atoms with E-state index in [9.17, 15) is 4.79 Å². The van der Waals surface area contributed by atoms with Gasteiger partial charge in [0, 0.05) is 6.42 Å². The second kappa shape index (κ2) is 9.75. The molecule has 4 nitrogen and oxygen atoms in total. The summed E-state index contributed by atoms with van der Waals surface area (Å²) in [6, 6.07) is 8.36. The van der Waals surface area contributed by atoms with Gasteiger partial charge in [0.2, 0.25) is 0 Å². The van der Waals surface area contributed by atoms with E-state index in [1.165, 1.54) is 37.7 Å². The summed E-state index contributed by atoms with van der Waals surface area (Å²) in [5.74, 6) is 6.53. The summed E-state index contributed by atoms with van der Waals surface area (Å²) >= 11 is 0. The van der Waals surface area contributed by atoms with E-state index < -0.39 is 0 Å². The number of hydrogen-bond acceptors (Lipinski definition) is 4. The topological polar surface area (TPSA) is 64.7 Å². The molecule has 26 heavy (non-hydrogen) atoms. The van der Waals surface area contributed by atoms with Crippen molar-refractivity contribution in [2.24, 2.45) is 22.8 Å². The number of hydrazone groups is 1. The van der Waals surface area contributed by atoms with Gasteiger partial charge < -0.3 is 10.6 Å². The van der Waals surface area contributed by atoms with Crippen LogP contribution in [0.5, 0.6) is 0 Å². The Morgan fingerprint density at radius 2 is 1.85 bits per heavy atom. The fourth-order valence-electron chi connectivity index (χ4n) is 4.62. The molecule has 0 amide bonds. The zero-order valence-electron chi connectivity index (χ0n) is 15.7. The number of carbonyl (C=O) groups is 1. The number of aryl methyl sites for hydroxylation is 1. The Morgan fingerprint density at radius 1 is 1.08 bits per heavy atom. The lowest BCUT2D eigenvalue weighted by Crippen LogP contribution is -2.34. The first-order valence-corrected chi connectivity index (χ1v) is 10.3. The van der Waals surface area contributed by atoms with Crippen molar-refractivity contribution in [2.75, 3.05) is 0 Å². The largest absolute Gasteiger partial charge is 0.462 e. The van der Waals surface area contributed by atoms with Gasteiger partial charge in [-0.25, -0.2) is 0 Å². The van der Waals surface area contributed by atoms with Crippen LogP contribution in [-0.4, -0.2) is 18.3 Å². The molecule has 0 bridgehead atoms. The van der Waals surface area contributed by atoms with Crippen LogP contribution in [0.4, 0.5) is 0 Å². The first-order chi connectivity index (χ1) is 12.7. The van der Waals surface area contributed by atoms with Gasteiger partial charge in [-0.3, -0.25) is 4.79 Å². The number of ether oxygens (including phenoxy) is 1. The van der Waals surface area contributed by atoms with E-state index in [1.807, 2.05) is 12.1 Å². The van der Waals surface area contributed by atoms with Gasteiger partial charge in [0.25, 0.3) is 0 Å². The predicted octanol–water partition coefficient (Wildman–Crippen LogP) is 4.59. The minimum absolute atomic E-state index is 0.0361. The normalized spacial score (nSPS) is 24.7. The van der Waals surface area contributed by atoms with Crippen LogP contribution in [0.15, 0.2) is 29.4 Å². The van der Waals surface area contributed by atoms with E-state index in [1.54, 1.807) is 6.21 Å². The number of carbonyl (C=O) groups excluding carboxylic acids is 1. The Labute approximate surface area is 157 Å². The van der Waals surface area contributed by atoms with Gasteiger partial charge in [-0.2, -0.15) is 5.10 Å². The molecule has 1 heterocycles. The van der Waals surface area contributed by atoms with Crippen molar-refractivity contribution in [1.29, 1.82) is 0 Å². The molecule has 0 aromatic heterocycles. The average Bonchev–Trinajstić information content (AvgIpc) is 2.67. The first-order valence-electron chi connectivity index (χ1n) is 10.3. The van der Waals surface area contributed by atoms with Crippen LogP contribution in [0.3, 0.4) is 0 Å². The highest BCUT2D eigenvalue weighted by atomic mass is 16.5. The Morgan fingerprint density at radius 3 is 2.58 bits per heavy atom. The quantitative estimate of drug-likeness (QED) is 0.255. The second-order valence-electron chi connectivity index (χ2n) is 7.98. The summed E-state index contributed by atoms with van der Waals surface area (Å²) in [4.78, 5) is 12.0. The Hall–Kier alpha value is -1.84. The number of esters is 1. The molecule has 2 fully saturated rings. The number of nitrogens with zero attached hydrogens (tertiary/aromatic N) is 1. The van der Waals surface area contributed by atoms with Crippen LogP contribution < -0.4 is 5.84 Å². The molecule has 0 spiro atoms. The molecular formula is C22H32N2O2. The lowest BCUT2D eigenvalue weighted by Gasteiger charge is -2.35. The molecule has 2 atom stereocenters. The van der Waals surface area contributed by atoms with E-state index in [0.717, 1.165) is 43.6 Å². The third kappa shape index (κ3) is 5.58. The van der Waals surface area contributed by atoms with Gasteiger partial charge in [0.15, 0.2) is 0 Å². The van der Waals surface area contributed by atoms with Crippen molar-refractivity contribution in [2.45, 2.75) is 76.7 Å². The second-order valence-corrected chi connectivity index (χ2v) is 7.98. The van der Waals surface area contributed by atoms with Crippen LogP contribution in [0.25, 0.3) is 0 Å². The fourth-order valence-corrected chi connectivity index (χ4v) is 4.62. The molecule has 0 radical (unpaired) electrons. The van der Waals surface area contributed by atoms with E-state index >= 15 is 0 Å². The van der Waals surface area contributed by atoms with Crippen molar-refractivity contribution >= 4 is 12.2 Å². The molecule has 1 aromatic carbocycles. The Balaban J connectivity index is 1.40. The van der Waals surface area contributed by atoms with Gasteiger partial charge in [0.1, 0.15) is 6.10 Å². The first kappa shape index (κ1) is 18.9. The summed E-state index contributed by atoms with van der Waals surface area (Å²) in [7, 11) is 0. The van der Waals surface area contributed by atoms with E-state index in [0.29, 0.717) is 12.3 Å². The number of nitrogens with two attached hydrogens (primary N) is 1. The van der Waals surface area contributed by atoms with Crippen LogP contribution >= 0.6 is 0 Å². The number of hydrogen-bond donors (Lipinski definition) is 1. The van der Waals surface area contributed by atoms with Crippen molar-refractivity contribution in [3.8, 4) is 0 Å². The third-order valence-corrected chi connectivity index (χ3v) is 6.05. The Kier molecular flexibility index (Phi) is 7.10. The molecule has 1 saturated carbocycles. The molecule has 1 aliphatic heterocycles. The number of rotatable bonds is 7. The summed E-state index contributed by atoms with van der Waals surface area (Å²) in [6.07, 6.45) is 14.5. The van der Waals surface area contributed by atoms with Gasteiger partial charge in [-0.1, -0.05) is 56.4 Å². The van der Waals surface area contributed by atoms with Crippen molar-refractivity contribution in [1.82, 2.24) is 0 Å². The molecule has 2 aliphatic rings. The lowest BCUT2D eigenvalue weighted by molar-refractivity contribution is -0.159. The molecule has 4 heteroatoms. The van der Waals surface area contributed by atoms with Crippen LogP contribution in [0, 0.1) is 11.8 Å². The van der Waals surface area contributed by atoms with Gasteiger partial charge in [0.05, 0.1) is 6.21 Å². The smallest absolute Gasteiger partial charge is 0.306 e. The van der Waals surface area contributed by atoms with E-state index in [-0.39, 0.29) is 12.1 Å². The minimum Gasteiger partial charge on any atom is -0.462 e. The maximum absolute atomic E-state index is 12.0. The van der Waals surface area contributed by atoms with Crippen molar-refractivity contribution in [3.05, 3.63) is 35.4 Å².